The summed E-state index contributed by atoms with van der Waals surface area (Å²) in [6.07, 6.45) is 4.52. The number of hydrogen-bond donors (Lipinski definition) is 1. The van der Waals surface area contributed by atoms with Crippen molar-refractivity contribution in [3.63, 3.8) is 0 Å². The van der Waals surface area contributed by atoms with Gasteiger partial charge in [-0.05, 0) is 46.2 Å². The molecule has 0 saturated heterocycles. The van der Waals surface area contributed by atoms with Gasteiger partial charge in [0, 0.05) is 12.1 Å². The Hall–Kier alpha value is -0.640. The molecular formula is C16H22BrF2N. The Morgan fingerprint density at radius 1 is 1.10 bits per heavy atom. The van der Waals surface area contributed by atoms with Crippen molar-refractivity contribution in [3.05, 3.63) is 28.2 Å². The topological polar surface area (TPSA) is 12.0 Å². The molecule has 112 valence electrons. The third-order valence-electron chi connectivity index (χ3n) is 4.23. The van der Waals surface area contributed by atoms with Crippen LogP contribution in [0.3, 0.4) is 0 Å². The predicted octanol–water partition coefficient (Wildman–Crippen LogP) is 5.74. The van der Waals surface area contributed by atoms with Gasteiger partial charge in [-0.2, -0.15) is 0 Å². The van der Waals surface area contributed by atoms with E-state index in [9.17, 15) is 8.78 Å². The minimum absolute atomic E-state index is 0.163. The second kappa shape index (κ2) is 6.00. The van der Waals surface area contributed by atoms with E-state index >= 15 is 0 Å². The molecule has 1 aliphatic rings. The van der Waals surface area contributed by atoms with Crippen molar-refractivity contribution in [3.8, 4) is 0 Å². The summed E-state index contributed by atoms with van der Waals surface area (Å²) in [5, 5.41) is 3.24. The molecule has 0 heterocycles. The van der Waals surface area contributed by atoms with Gasteiger partial charge in [0.2, 0.25) is 0 Å². The highest BCUT2D eigenvalue weighted by Gasteiger charge is 2.34. The molecule has 0 radical (unpaired) electrons. The first-order valence-electron chi connectivity index (χ1n) is 7.20. The number of benzene rings is 1. The molecular weight excluding hydrogens is 324 g/mol. The van der Waals surface area contributed by atoms with Gasteiger partial charge in [-0.3, -0.25) is 0 Å². The highest BCUT2D eigenvalue weighted by molar-refractivity contribution is 9.10. The fourth-order valence-corrected chi connectivity index (χ4v) is 3.49. The quantitative estimate of drug-likeness (QED) is 0.673. The zero-order valence-corrected chi connectivity index (χ0v) is 13.9. The molecule has 1 N–H and O–H groups in total. The Kier molecular flexibility index (Phi) is 4.73. The molecule has 1 aromatic carbocycles. The van der Waals surface area contributed by atoms with Crippen LogP contribution in [0.5, 0.6) is 0 Å². The molecule has 0 aromatic heterocycles. The molecule has 4 heteroatoms. The van der Waals surface area contributed by atoms with E-state index in [0.717, 1.165) is 19.3 Å². The van der Waals surface area contributed by atoms with Gasteiger partial charge in [-0.1, -0.05) is 33.6 Å². The van der Waals surface area contributed by atoms with Crippen LogP contribution in [0.2, 0.25) is 0 Å². The van der Waals surface area contributed by atoms with Gasteiger partial charge in [-0.15, -0.1) is 0 Å². The molecule has 0 bridgehead atoms. The van der Waals surface area contributed by atoms with E-state index in [2.05, 4.69) is 42.0 Å². The number of anilines is 1. The van der Waals surface area contributed by atoms with E-state index in [1.807, 2.05) is 0 Å². The van der Waals surface area contributed by atoms with Crippen molar-refractivity contribution < 1.29 is 8.78 Å². The Labute approximate surface area is 128 Å². The first-order chi connectivity index (χ1) is 9.29. The molecule has 0 spiro atoms. The highest BCUT2D eigenvalue weighted by Crippen LogP contribution is 2.39. The SMILES string of the molecule is CC(C)(C)C1CCCCC1Nc1cc(F)c(Br)cc1F. The maximum atomic E-state index is 13.9. The number of rotatable bonds is 2. The first-order valence-corrected chi connectivity index (χ1v) is 7.99. The molecule has 2 atom stereocenters. The Balaban J connectivity index is 2.21. The molecule has 1 aromatic rings. The second-order valence-electron chi connectivity index (χ2n) is 6.75. The van der Waals surface area contributed by atoms with Crippen molar-refractivity contribution >= 4 is 21.6 Å². The Bertz CT molecular complexity index is 482. The third-order valence-corrected chi connectivity index (χ3v) is 4.84. The van der Waals surface area contributed by atoms with E-state index in [4.69, 9.17) is 0 Å². The average molecular weight is 346 g/mol. The molecule has 0 amide bonds. The summed E-state index contributed by atoms with van der Waals surface area (Å²) in [6.45, 7) is 6.66. The lowest BCUT2D eigenvalue weighted by Crippen LogP contribution is -2.40. The van der Waals surface area contributed by atoms with Gasteiger partial charge in [0.05, 0.1) is 10.2 Å². The fourth-order valence-electron chi connectivity index (χ4n) is 3.17. The lowest BCUT2D eigenvalue weighted by molar-refractivity contribution is 0.162. The maximum absolute atomic E-state index is 13.9. The number of nitrogens with one attached hydrogen (secondary N) is 1. The van der Waals surface area contributed by atoms with Crippen LogP contribution in [0.25, 0.3) is 0 Å². The van der Waals surface area contributed by atoms with Crippen LogP contribution in [-0.2, 0) is 0 Å². The van der Waals surface area contributed by atoms with Crippen LogP contribution in [0.4, 0.5) is 14.5 Å². The van der Waals surface area contributed by atoms with Crippen LogP contribution in [-0.4, -0.2) is 6.04 Å². The largest absolute Gasteiger partial charge is 0.380 e. The molecule has 1 saturated carbocycles. The Morgan fingerprint density at radius 2 is 1.75 bits per heavy atom. The maximum Gasteiger partial charge on any atom is 0.147 e. The zero-order valence-electron chi connectivity index (χ0n) is 12.3. The standard InChI is InChI=1S/C16H22BrF2N/c1-16(2,3)10-6-4-5-7-14(10)20-15-9-12(18)11(17)8-13(15)19/h8-10,14,20H,4-7H2,1-3H3. The normalized spacial score (nSPS) is 23.7. The molecule has 2 rings (SSSR count). The molecule has 1 aliphatic carbocycles. The minimum Gasteiger partial charge on any atom is -0.380 e. The third kappa shape index (κ3) is 3.51. The van der Waals surface area contributed by atoms with E-state index in [-0.39, 0.29) is 21.6 Å². The van der Waals surface area contributed by atoms with E-state index in [1.165, 1.54) is 18.6 Å². The number of halogens is 3. The second-order valence-corrected chi connectivity index (χ2v) is 7.61. The van der Waals surface area contributed by atoms with Gasteiger partial charge in [-0.25, -0.2) is 8.78 Å². The monoisotopic (exact) mass is 345 g/mol. The summed E-state index contributed by atoms with van der Waals surface area (Å²) in [5.74, 6) is -0.365. The van der Waals surface area contributed by atoms with Crippen LogP contribution in [0, 0.1) is 23.0 Å². The van der Waals surface area contributed by atoms with E-state index in [1.54, 1.807) is 0 Å². The van der Waals surface area contributed by atoms with Crippen molar-refractivity contribution in [2.75, 3.05) is 5.32 Å². The minimum atomic E-state index is -0.433. The Morgan fingerprint density at radius 3 is 2.40 bits per heavy atom. The van der Waals surface area contributed by atoms with Crippen molar-refractivity contribution in [2.45, 2.75) is 52.5 Å². The van der Waals surface area contributed by atoms with Crippen LogP contribution >= 0.6 is 15.9 Å². The lowest BCUT2D eigenvalue weighted by Gasteiger charge is -2.41. The van der Waals surface area contributed by atoms with Gasteiger partial charge in [0.1, 0.15) is 11.6 Å². The summed E-state index contributed by atoms with van der Waals surface area (Å²) < 4.78 is 27.7. The van der Waals surface area contributed by atoms with E-state index < -0.39 is 11.6 Å². The van der Waals surface area contributed by atoms with Gasteiger partial charge in [0.25, 0.3) is 0 Å². The van der Waals surface area contributed by atoms with E-state index in [0.29, 0.717) is 5.92 Å². The first kappa shape index (κ1) is 15.7. The summed E-state index contributed by atoms with van der Waals surface area (Å²) in [7, 11) is 0. The predicted molar refractivity (Wildman–Crippen MR) is 82.9 cm³/mol. The van der Waals surface area contributed by atoms with Crippen LogP contribution in [0.1, 0.15) is 46.5 Å². The van der Waals surface area contributed by atoms with Crippen molar-refractivity contribution in [1.82, 2.24) is 0 Å². The molecule has 2 unspecified atom stereocenters. The smallest absolute Gasteiger partial charge is 0.147 e. The number of hydrogen-bond acceptors (Lipinski definition) is 1. The zero-order chi connectivity index (χ0) is 14.9. The van der Waals surface area contributed by atoms with Crippen LogP contribution < -0.4 is 5.32 Å². The highest BCUT2D eigenvalue weighted by atomic mass is 79.9. The van der Waals surface area contributed by atoms with Crippen LogP contribution in [0.15, 0.2) is 16.6 Å². The van der Waals surface area contributed by atoms with Gasteiger partial charge < -0.3 is 5.32 Å². The lowest BCUT2D eigenvalue weighted by atomic mass is 9.69. The summed E-state index contributed by atoms with van der Waals surface area (Å²) in [6, 6.07) is 2.64. The summed E-state index contributed by atoms with van der Waals surface area (Å²) in [5.41, 5.74) is 0.439. The van der Waals surface area contributed by atoms with Gasteiger partial charge in [0.15, 0.2) is 0 Å². The summed E-state index contributed by atoms with van der Waals surface area (Å²) in [4.78, 5) is 0. The molecule has 1 fully saturated rings. The fraction of sp³-hybridized carbons (Fsp3) is 0.625. The molecule has 0 aliphatic heterocycles. The molecule has 1 nitrogen and oxygen atoms in total. The van der Waals surface area contributed by atoms with Gasteiger partial charge >= 0.3 is 0 Å². The molecule has 20 heavy (non-hydrogen) atoms. The summed E-state index contributed by atoms with van der Waals surface area (Å²) >= 11 is 3.01. The van der Waals surface area contributed by atoms with Crippen molar-refractivity contribution in [2.24, 2.45) is 11.3 Å². The average Bonchev–Trinajstić information content (AvgIpc) is 2.35. The van der Waals surface area contributed by atoms with Crippen molar-refractivity contribution in [1.29, 1.82) is 0 Å².